The minimum absolute atomic E-state index is 0.0278. The number of halogens is 1. The number of nitrogens with zero attached hydrogens (tertiary/aromatic N) is 2. The number of thioether (sulfide) groups is 1. The molecule has 0 saturated carbocycles. The summed E-state index contributed by atoms with van der Waals surface area (Å²) in [7, 11) is 0. The van der Waals surface area contributed by atoms with E-state index < -0.39 is 0 Å². The van der Waals surface area contributed by atoms with Crippen molar-refractivity contribution in [2.24, 2.45) is 0 Å². The van der Waals surface area contributed by atoms with Crippen molar-refractivity contribution in [1.29, 1.82) is 0 Å². The Balaban J connectivity index is 1.84. The van der Waals surface area contributed by atoms with E-state index in [1.165, 1.54) is 6.20 Å². The van der Waals surface area contributed by atoms with E-state index in [1.807, 2.05) is 31.2 Å². The fourth-order valence-corrected chi connectivity index (χ4v) is 2.65. The van der Waals surface area contributed by atoms with Gasteiger partial charge in [-0.05, 0) is 24.0 Å². The average Bonchev–Trinajstić information content (AvgIpc) is 2.96. The molecule has 0 unspecified atom stereocenters. The Labute approximate surface area is 142 Å². The summed E-state index contributed by atoms with van der Waals surface area (Å²) in [5.41, 5.74) is 2.50. The third-order valence-electron chi connectivity index (χ3n) is 3.04. The maximum Gasteiger partial charge on any atom is 0.234 e. The highest BCUT2D eigenvalue weighted by Crippen LogP contribution is 2.26. The predicted molar refractivity (Wildman–Crippen MR) is 93.9 cm³/mol. The molecular formula is C16H14ClN3O2S. The van der Waals surface area contributed by atoms with Crippen molar-refractivity contribution in [2.45, 2.75) is 6.92 Å². The number of rotatable bonds is 5. The van der Waals surface area contributed by atoms with E-state index in [1.54, 1.807) is 17.8 Å². The first-order chi connectivity index (χ1) is 11.2. The molecule has 0 saturated heterocycles. The van der Waals surface area contributed by atoms with Gasteiger partial charge in [0.2, 0.25) is 11.8 Å². The molecule has 1 N–H and O–H groups in total. The number of carbonyl (C=O) groups excluding carboxylic acids is 1. The van der Waals surface area contributed by atoms with Gasteiger partial charge in [-0.25, -0.2) is 4.98 Å². The highest BCUT2D eigenvalue weighted by atomic mass is 35.5. The number of nitrogens with one attached hydrogen (secondary N) is 1. The van der Waals surface area contributed by atoms with Gasteiger partial charge in [-0.3, -0.25) is 4.79 Å². The van der Waals surface area contributed by atoms with Gasteiger partial charge in [0.05, 0.1) is 10.8 Å². The molecule has 0 aliphatic carbocycles. The number of carbonyl (C=O) groups is 1. The van der Waals surface area contributed by atoms with Crippen LogP contribution in [0.5, 0.6) is 0 Å². The quantitative estimate of drug-likeness (QED) is 0.747. The molecule has 1 aromatic carbocycles. The summed E-state index contributed by atoms with van der Waals surface area (Å²) < 4.78 is 5.68. The Morgan fingerprint density at radius 3 is 3.09 bits per heavy atom. The zero-order valence-electron chi connectivity index (χ0n) is 12.4. The van der Waals surface area contributed by atoms with Crippen LogP contribution >= 0.6 is 23.4 Å². The first-order valence-corrected chi connectivity index (χ1v) is 8.59. The molecule has 1 amide bonds. The van der Waals surface area contributed by atoms with Crippen LogP contribution in [0.4, 0.5) is 5.69 Å². The summed E-state index contributed by atoms with van der Waals surface area (Å²) in [6.45, 7) is 2.02. The Hall–Kier alpha value is -2.05. The second kappa shape index (κ2) is 7.02. The van der Waals surface area contributed by atoms with Crippen molar-refractivity contribution >= 4 is 46.2 Å². The lowest BCUT2D eigenvalue weighted by Gasteiger charge is -2.05. The van der Waals surface area contributed by atoms with Crippen molar-refractivity contribution < 1.29 is 9.21 Å². The lowest BCUT2D eigenvalue weighted by Crippen LogP contribution is -2.14. The first kappa shape index (κ1) is 15.8. The fourth-order valence-electron chi connectivity index (χ4n) is 2.04. The molecule has 3 aromatic rings. The number of pyridine rings is 1. The minimum atomic E-state index is -0.0278. The molecule has 2 aromatic heterocycles. The number of benzene rings is 1. The molecule has 23 heavy (non-hydrogen) atoms. The molecule has 3 rings (SSSR count). The van der Waals surface area contributed by atoms with Crippen molar-refractivity contribution in [3.63, 3.8) is 0 Å². The SMILES string of the molecule is CCSCC(=O)Nc1cccc(-c2nc3ncc(Cl)cc3o2)c1. The zero-order chi connectivity index (χ0) is 16.2. The van der Waals surface area contributed by atoms with Gasteiger partial charge in [0, 0.05) is 23.5 Å². The second-order valence-electron chi connectivity index (χ2n) is 4.76. The zero-order valence-corrected chi connectivity index (χ0v) is 13.9. The third kappa shape index (κ3) is 3.83. The Kier molecular flexibility index (Phi) is 4.83. The van der Waals surface area contributed by atoms with E-state index >= 15 is 0 Å². The summed E-state index contributed by atoms with van der Waals surface area (Å²) >= 11 is 7.48. The van der Waals surface area contributed by atoms with E-state index in [2.05, 4.69) is 15.3 Å². The van der Waals surface area contributed by atoms with Gasteiger partial charge in [-0.1, -0.05) is 24.6 Å². The topological polar surface area (TPSA) is 68.0 Å². The van der Waals surface area contributed by atoms with E-state index in [-0.39, 0.29) is 5.91 Å². The molecule has 0 fully saturated rings. The van der Waals surface area contributed by atoms with E-state index in [0.29, 0.717) is 33.6 Å². The fraction of sp³-hybridized carbons (Fsp3) is 0.188. The van der Waals surface area contributed by atoms with Crippen molar-refractivity contribution in [2.75, 3.05) is 16.8 Å². The van der Waals surface area contributed by atoms with Crippen LogP contribution in [0.3, 0.4) is 0 Å². The standard InChI is InChI=1S/C16H14ClN3O2S/c1-2-23-9-14(21)19-12-5-3-4-10(6-12)16-20-15-13(22-16)7-11(17)8-18-15/h3-8H,2,9H2,1H3,(H,19,21). The van der Waals surface area contributed by atoms with Crippen molar-refractivity contribution in [1.82, 2.24) is 9.97 Å². The summed E-state index contributed by atoms with van der Waals surface area (Å²) in [6.07, 6.45) is 1.53. The molecule has 0 aliphatic heterocycles. The molecule has 2 heterocycles. The monoisotopic (exact) mass is 347 g/mol. The van der Waals surface area contributed by atoms with Gasteiger partial charge in [-0.2, -0.15) is 16.7 Å². The number of amides is 1. The average molecular weight is 348 g/mol. The van der Waals surface area contributed by atoms with Crippen molar-refractivity contribution in [3.05, 3.63) is 41.6 Å². The summed E-state index contributed by atoms with van der Waals surface area (Å²) in [4.78, 5) is 20.3. The normalized spacial score (nSPS) is 10.9. The summed E-state index contributed by atoms with van der Waals surface area (Å²) in [5, 5.41) is 3.36. The van der Waals surface area contributed by atoms with Crippen LogP contribution in [-0.2, 0) is 4.79 Å². The molecule has 5 nitrogen and oxygen atoms in total. The van der Waals surface area contributed by atoms with Crippen LogP contribution in [-0.4, -0.2) is 27.4 Å². The molecule has 0 bridgehead atoms. The Bertz CT molecular complexity index is 850. The van der Waals surface area contributed by atoms with E-state index in [4.69, 9.17) is 16.0 Å². The molecule has 118 valence electrons. The highest BCUT2D eigenvalue weighted by Gasteiger charge is 2.11. The van der Waals surface area contributed by atoms with Gasteiger partial charge in [0.1, 0.15) is 0 Å². The van der Waals surface area contributed by atoms with Gasteiger partial charge in [0.15, 0.2) is 11.2 Å². The molecule has 0 radical (unpaired) electrons. The van der Waals surface area contributed by atoms with Crippen LogP contribution in [0.15, 0.2) is 40.9 Å². The molecule has 7 heteroatoms. The number of oxazole rings is 1. The van der Waals surface area contributed by atoms with E-state index in [9.17, 15) is 4.79 Å². The Morgan fingerprint density at radius 1 is 1.39 bits per heavy atom. The number of anilines is 1. The summed E-state index contributed by atoms with van der Waals surface area (Å²) in [5.74, 6) is 1.76. The van der Waals surface area contributed by atoms with Gasteiger partial charge >= 0.3 is 0 Å². The molecule has 0 aliphatic rings. The van der Waals surface area contributed by atoms with Crippen LogP contribution in [0.1, 0.15) is 6.92 Å². The number of aromatic nitrogens is 2. The smallest absolute Gasteiger partial charge is 0.234 e. The van der Waals surface area contributed by atoms with Crippen LogP contribution in [0.25, 0.3) is 22.7 Å². The number of hydrogen-bond donors (Lipinski definition) is 1. The molecule has 0 spiro atoms. The van der Waals surface area contributed by atoms with E-state index in [0.717, 1.165) is 11.3 Å². The predicted octanol–water partition coefficient (Wildman–Crippen LogP) is 4.23. The van der Waals surface area contributed by atoms with Gasteiger partial charge in [0.25, 0.3) is 0 Å². The first-order valence-electron chi connectivity index (χ1n) is 7.06. The number of hydrogen-bond acceptors (Lipinski definition) is 5. The highest BCUT2D eigenvalue weighted by molar-refractivity contribution is 7.99. The summed E-state index contributed by atoms with van der Waals surface area (Å²) in [6, 6.07) is 9.03. The van der Waals surface area contributed by atoms with Crippen LogP contribution in [0.2, 0.25) is 5.02 Å². The lowest BCUT2D eigenvalue weighted by molar-refractivity contribution is -0.113. The van der Waals surface area contributed by atoms with Gasteiger partial charge in [-0.15, -0.1) is 0 Å². The largest absolute Gasteiger partial charge is 0.434 e. The van der Waals surface area contributed by atoms with Crippen LogP contribution < -0.4 is 5.32 Å². The Morgan fingerprint density at radius 2 is 2.26 bits per heavy atom. The molecule has 0 atom stereocenters. The maximum absolute atomic E-state index is 11.8. The second-order valence-corrected chi connectivity index (χ2v) is 6.47. The maximum atomic E-state index is 11.8. The molecular weight excluding hydrogens is 334 g/mol. The van der Waals surface area contributed by atoms with Gasteiger partial charge < -0.3 is 9.73 Å². The van der Waals surface area contributed by atoms with Crippen molar-refractivity contribution in [3.8, 4) is 11.5 Å². The third-order valence-corrected chi connectivity index (χ3v) is 4.13. The number of fused-ring (bicyclic) bond motifs is 1. The lowest BCUT2D eigenvalue weighted by atomic mass is 10.2. The van der Waals surface area contributed by atoms with Crippen LogP contribution in [0, 0.1) is 0 Å². The minimum Gasteiger partial charge on any atom is -0.434 e.